The predicted molar refractivity (Wildman–Crippen MR) is 103 cm³/mol. The quantitative estimate of drug-likeness (QED) is 0.662. The van der Waals surface area contributed by atoms with Gasteiger partial charge in [0.1, 0.15) is 0 Å². The number of hydrogen-bond acceptors (Lipinski definition) is 4. The molecule has 7 heteroatoms. The second kappa shape index (κ2) is 13.0. The highest BCUT2D eigenvalue weighted by Crippen LogP contribution is 2.20. The van der Waals surface area contributed by atoms with Gasteiger partial charge in [-0.3, -0.25) is 9.69 Å². The van der Waals surface area contributed by atoms with E-state index in [9.17, 15) is 4.79 Å². The minimum Gasteiger partial charge on any atom is -0.379 e. The number of carbonyl (C=O) groups is 1. The third-order valence-corrected chi connectivity index (χ3v) is 4.85. The molecular weight excluding hydrogens is 349 g/mol. The van der Waals surface area contributed by atoms with Crippen molar-refractivity contribution in [1.29, 1.82) is 0 Å². The number of halogens is 2. The van der Waals surface area contributed by atoms with Crippen LogP contribution in [0.4, 0.5) is 0 Å². The lowest BCUT2D eigenvalue weighted by Gasteiger charge is -2.37. The summed E-state index contributed by atoms with van der Waals surface area (Å²) in [5, 5.41) is 6.48. The second-order valence-electron chi connectivity index (χ2n) is 6.20. The van der Waals surface area contributed by atoms with Crippen molar-refractivity contribution in [3.05, 3.63) is 11.6 Å². The van der Waals surface area contributed by atoms with Crippen molar-refractivity contribution in [3.8, 4) is 0 Å². The molecule has 0 aliphatic carbocycles. The van der Waals surface area contributed by atoms with E-state index >= 15 is 0 Å². The lowest BCUT2D eigenvalue weighted by molar-refractivity contribution is -0.130. The first kappa shape index (κ1) is 23.7. The molecule has 1 saturated heterocycles. The molecule has 0 radical (unpaired) electrons. The number of amides is 1. The maximum atomic E-state index is 12.8. The lowest BCUT2D eigenvalue weighted by Crippen LogP contribution is -2.54. The molecule has 0 aromatic rings. The van der Waals surface area contributed by atoms with Gasteiger partial charge in [0, 0.05) is 26.2 Å². The molecule has 1 unspecified atom stereocenters. The Morgan fingerprint density at radius 3 is 2.50 bits per heavy atom. The molecule has 5 nitrogen and oxygen atoms in total. The first-order chi connectivity index (χ1) is 10.8. The zero-order valence-corrected chi connectivity index (χ0v) is 16.5. The van der Waals surface area contributed by atoms with Crippen LogP contribution in [0.25, 0.3) is 0 Å². The van der Waals surface area contributed by atoms with Gasteiger partial charge in [-0.1, -0.05) is 38.3 Å². The summed E-state index contributed by atoms with van der Waals surface area (Å²) < 4.78 is 5.44. The van der Waals surface area contributed by atoms with Crippen LogP contribution in [-0.2, 0) is 9.53 Å². The molecule has 2 aliphatic heterocycles. The largest absolute Gasteiger partial charge is 0.379 e. The summed E-state index contributed by atoms with van der Waals surface area (Å²) in [7, 11) is 0. The van der Waals surface area contributed by atoms with Crippen molar-refractivity contribution in [2.45, 2.75) is 39.2 Å². The molecule has 0 spiro atoms. The number of nitrogens with zero attached hydrogens (tertiary/aromatic N) is 1. The molecule has 1 atom stereocenters. The van der Waals surface area contributed by atoms with Gasteiger partial charge in [-0.05, 0) is 18.9 Å². The second-order valence-corrected chi connectivity index (χ2v) is 6.20. The maximum Gasteiger partial charge on any atom is 0.237 e. The molecule has 0 aromatic heterocycles. The third-order valence-electron chi connectivity index (χ3n) is 4.85. The minimum absolute atomic E-state index is 0. The molecule has 2 heterocycles. The third kappa shape index (κ3) is 6.89. The Balaban J connectivity index is 0.00000264. The molecule has 2 N–H and O–H groups in total. The van der Waals surface area contributed by atoms with Crippen LogP contribution in [0.3, 0.4) is 0 Å². The molecule has 0 saturated carbocycles. The summed E-state index contributed by atoms with van der Waals surface area (Å²) in [6, 6.07) is -0.0128. The van der Waals surface area contributed by atoms with Crippen LogP contribution in [0.15, 0.2) is 11.6 Å². The molecule has 142 valence electrons. The van der Waals surface area contributed by atoms with Gasteiger partial charge in [0.2, 0.25) is 5.91 Å². The molecule has 1 amide bonds. The average molecular weight is 382 g/mol. The molecule has 2 aliphatic rings. The van der Waals surface area contributed by atoms with Crippen molar-refractivity contribution in [1.82, 2.24) is 15.5 Å². The van der Waals surface area contributed by atoms with E-state index in [4.69, 9.17) is 4.74 Å². The summed E-state index contributed by atoms with van der Waals surface area (Å²) in [4.78, 5) is 15.1. The van der Waals surface area contributed by atoms with Gasteiger partial charge in [-0.2, -0.15) is 0 Å². The number of hydrogen-bond donors (Lipinski definition) is 2. The SMILES string of the molecule is CCC(CC)C(C(=O)NCC1=CCNCC1)N1CCOCC1.Cl.Cl. The molecule has 24 heavy (non-hydrogen) atoms. The smallest absolute Gasteiger partial charge is 0.237 e. The highest BCUT2D eigenvalue weighted by molar-refractivity contribution is 5.85. The van der Waals surface area contributed by atoms with Gasteiger partial charge in [0.25, 0.3) is 0 Å². The van der Waals surface area contributed by atoms with Crippen LogP contribution >= 0.6 is 24.8 Å². The van der Waals surface area contributed by atoms with Gasteiger partial charge in [0.05, 0.1) is 19.3 Å². The number of ether oxygens (including phenoxy) is 1. The molecular formula is C17H33Cl2N3O2. The molecule has 2 rings (SSSR count). The Morgan fingerprint density at radius 2 is 1.96 bits per heavy atom. The number of rotatable bonds is 7. The van der Waals surface area contributed by atoms with Gasteiger partial charge in [-0.15, -0.1) is 24.8 Å². The Morgan fingerprint density at radius 1 is 1.29 bits per heavy atom. The van der Waals surface area contributed by atoms with Crippen LogP contribution in [0.1, 0.15) is 33.1 Å². The number of nitrogens with one attached hydrogen (secondary N) is 2. The highest BCUT2D eigenvalue weighted by atomic mass is 35.5. The van der Waals surface area contributed by atoms with Crippen molar-refractivity contribution in [2.75, 3.05) is 45.9 Å². The first-order valence-corrected chi connectivity index (χ1v) is 8.74. The summed E-state index contributed by atoms with van der Waals surface area (Å²) in [5.74, 6) is 0.607. The van der Waals surface area contributed by atoms with E-state index in [-0.39, 0.29) is 36.8 Å². The van der Waals surface area contributed by atoms with Crippen LogP contribution in [0.2, 0.25) is 0 Å². The standard InChI is InChI=1S/C17H31N3O2.2ClH/c1-3-15(4-2)16(20-9-11-22-12-10-20)17(21)19-13-14-5-7-18-8-6-14;;/h5,15-16,18H,3-4,6-13H2,1-2H3,(H,19,21);2*1H. The van der Waals surface area contributed by atoms with E-state index < -0.39 is 0 Å². The summed E-state index contributed by atoms with van der Waals surface area (Å²) in [6.07, 6.45) is 5.31. The van der Waals surface area contributed by atoms with E-state index in [0.29, 0.717) is 12.5 Å². The van der Waals surface area contributed by atoms with Crippen LogP contribution in [0.5, 0.6) is 0 Å². The van der Waals surface area contributed by atoms with Crippen molar-refractivity contribution in [2.24, 2.45) is 5.92 Å². The fourth-order valence-electron chi connectivity index (χ4n) is 3.40. The number of morpholine rings is 1. The van der Waals surface area contributed by atoms with Crippen molar-refractivity contribution < 1.29 is 9.53 Å². The molecule has 0 bridgehead atoms. The summed E-state index contributed by atoms with van der Waals surface area (Å²) in [5.41, 5.74) is 1.34. The topological polar surface area (TPSA) is 53.6 Å². The predicted octanol–water partition coefficient (Wildman–Crippen LogP) is 2.00. The summed E-state index contributed by atoms with van der Waals surface area (Å²) >= 11 is 0. The van der Waals surface area contributed by atoms with E-state index in [1.165, 1.54) is 5.57 Å². The number of carbonyl (C=O) groups excluding carboxylic acids is 1. The van der Waals surface area contributed by atoms with E-state index in [1.54, 1.807) is 0 Å². The van der Waals surface area contributed by atoms with Crippen LogP contribution in [-0.4, -0.2) is 62.8 Å². The lowest BCUT2D eigenvalue weighted by atomic mass is 9.91. The maximum absolute atomic E-state index is 12.8. The Bertz CT molecular complexity index is 384. The first-order valence-electron chi connectivity index (χ1n) is 8.74. The zero-order valence-electron chi connectivity index (χ0n) is 14.9. The molecule has 1 fully saturated rings. The van der Waals surface area contributed by atoms with E-state index in [2.05, 4.69) is 35.5 Å². The van der Waals surface area contributed by atoms with Gasteiger partial charge < -0.3 is 15.4 Å². The van der Waals surface area contributed by atoms with Crippen LogP contribution in [0, 0.1) is 5.92 Å². The van der Waals surface area contributed by atoms with Crippen molar-refractivity contribution in [3.63, 3.8) is 0 Å². The monoisotopic (exact) mass is 381 g/mol. The summed E-state index contributed by atoms with van der Waals surface area (Å²) in [6.45, 7) is 10.2. The minimum atomic E-state index is -0.0128. The van der Waals surface area contributed by atoms with Gasteiger partial charge >= 0.3 is 0 Å². The Labute approximate surface area is 158 Å². The molecule has 0 aromatic carbocycles. The van der Waals surface area contributed by atoms with Crippen LogP contribution < -0.4 is 10.6 Å². The fraction of sp³-hybridized carbons (Fsp3) is 0.824. The Hall–Kier alpha value is -0.330. The van der Waals surface area contributed by atoms with Crippen molar-refractivity contribution >= 4 is 30.7 Å². The van der Waals surface area contributed by atoms with E-state index in [1.807, 2.05) is 0 Å². The average Bonchev–Trinajstić information content (AvgIpc) is 2.59. The van der Waals surface area contributed by atoms with Gasteiger partial charge in [0.15, 0.2) is 0 Å². The zero-order chi connectivity index (χ0) is 15.8. The van der Waals surface area contributed by atoms with Gasteiger partial charge in [-0.25, -0.2) is 0 Å². The van der Waals surface area contributed by atoms with E-state index in [0.717, 1.165) is 58.7 Å². The highest BCUT2D eigenvalue weighted by Gasteiger charge is 2.32. The fourth-order valence-corrected chi connectivity index (χ4v) is 3.40. The normalized spacial score (nSPS) is 19.7. The Kier molecular flexibility index (Phi) is 12.8.